The highest BCUT2D eigenvalue weighted by Gasteiger charge is 1.91. The van der Waals surface area contributed by atoms with Crippen LogP contribution in [0.25, 0.3) is 0 Å². The number of nitrogens with one attached hydrogen (secondary N) is 1. The second kappa shape index (κ2) is 7.56. The Morgan fingerprint density at radius 3 is 2.64 bits per heavy atom. The molecule has 1 N–H and O–H groups in total. The van der Waals surface area contributed by atoms with Crippen LogP contribution in [0.2, 0.25) is 0 Å². The van der Waals surface area contributed by atoms with Crippen LogP contribution in [0.4, 0.5) is 0 Å². The van der Waals surface area contributed by atoms with Gasteiger partial charge in [-0.1, -0.05) is 13.8 Å². The van der Waals surface area contributed by atoms with Crippen molar-refractivity contribution in [1.29, 1.82) is 5.26 Å². The Kier molecular flexibility index (Phi) is 7.18. The van der Waals surface area contributed by atoms with E-state index in [1.54, 1.807) is 0 Å². The lowest BCUT2D eigenvalue weighted by molar-refractivity contribution is 0.537. The van der Waals surface area contributed by atoms with Gasteiger partial charge in [0.2, 0.25) is 0 Å². The standard InChI is InChI=1S/C9H18N2/c1-9(2)8-11-7-5-3-4-6-10/h9,11H,3-5,7-8H2,1-2H3. The zero-order valence-corrected chi connectivity index (χ0v) is 7.56. The van der Waals surface area contributed by atoms with E-state index >= 15 is 0 Å². The summed E-state index contributed by atoms with van der Waals surface area (Å²) >= 11 is 0. The van der Waals surface area contributed by atoms with Crippen molar-refractivity contribution in [3.05, 3.63) is 0 Å². The molecule has 0 bridgehead atoms. The fraction of sp³-hybridized carbons (Fsp3) is 0.889. The molecule has 64 valence electrons. The summed E-state index contributed by atoms with van der Waals surface area (Å²) in [6.07, 6.45) is 2.85. The maximum Gasteiger partial charge on any atom is 0.0621 e. The van der Waals surface area contributed by atoms with Crippen LogP contribution in [0.3, 0.4) is 0 Å². The first-order chi connectivity index (χ1) is 5.27. The van der Waals surface area contributed by atoms with Gasteiger partial charge in [-0.05, 0) is 31.8 Å². The Morgan fingerprint density at radius 2 is 2.09 bits per heavy atom. The van der Waals surface area contributed by atoms with E-state index in [-0.39, 0.29) is 0 Å². The molecule has 0 saturated carbocycles. The van der Waals surface area contributed by atoms with Crippen LogP contribution in [-0.2, 0) is 0 Å². The van der Waals surface area contributed by atoms with Crippen molar-refractivity contribution in [2.75, 3.05) is 13.1 Å². The zero-order chi connectivity index (χ0) is 8.53. The molecule has 0 aromatic rings. The molecule has 0 aliphatic heterocycles. The molecule has 0 rings (SSSR count). The summed E-state index contributed by atoms with van der Waals surface area (Å²) in [6.45, 7) is 6.54. The average molecular weight is 154 g/mol. The summed E-state index contributed by atoms with van der Waals surface area (Å²) in [5, 5.41) is 11.6. The molecule has 11 heavy (non-hydrogen) atoms. The maximum absolute atomic E-state index is 8.24. The van der Waals surface area contributed by atoms with Crippen LogP contribution < -0.4 is 5.32 Å². The van der Waals surface area contributed by atoms with Crippen molar-refractivity contribution in [1.82, 2.24) is 5.32 Å². The van der Waals surface area contributed by atoms with Gasteiger partial charge in [0.1, 0.15) is 0 Å². The largest absolute Gasteiger partial charge is 0.316 e. The van der Waals surface area contributed by atoms with Gasteiger partial charge in [-0.15, -0.1) is 0 Å². The molecule has 0 atom stereocenters. The smallest absolute Gasteiger partial charge is 0.0621 e. The fourth-order valence-electron chi connectivity index (χ4n) is 0.845. The molecule has 0 radical (unpaired) electrons. The van der Waals surface area contributed by atoms with Gasteiger partial charge in [-0.2, -0.15) is 5.26 Å². The molecule has 0 heterocycles. The third-order valence-corrected chi connectivity index (χ3v) is 1.44. The lowest BCUT2D eigenvalue weighted by Gasteiger charge is -2.05. The number of hydrogen-bond donors (Lipinski definition) is 1. The topological polar surface area (TPSA) is 35.8 Å². The Labute approximate surface area is 69.6 Å². The number of hydrogen-bond acceptors (Lipinski definition) is 2. The molecule has 0 aromatic heterocycles. The van der Waals surface area contributed by atoms with Gasteiger partial charge in [-0.3, -0.25) is 0 Å². The van der Waals surface area contributed by atoms with Crippen LogP contribution in [0.1, 0.15) is 33.1 Å². The Balaban J connectivity index is 2.86. The van der Waals surface area contributed by atoms with Crippen LogP contribution >= 0.6 is 0 Å². The lowest BCUT2D eigenvalue weighted by Crippen LogP contribution is -2.20. The third-order valence-electron chi connectivity index (χ3n) is 1.44. The summed E-state index contributed by atoms with van der Waals surface area (Å²) in [6, 6.07) is 2.14. The number of unbranched alkanes of at least 4 members (excludes halogenated alkanes) is 2. The van der Waals surface area contributed by atoms with Gasteiger partial charge in [0, 0.05) is 6.42 Å². The van der Waals surface area contributed by atoms with E-state index in [0.717, 1.165) is 31.8 Å². The van der Waals surface area contributed by atoms with E-state index in [4.69, 9.17) is 5.26 Å². The highest BCUT2D eigenvalue weighted by molar-refractivity contribution is 4.68. The normalized spacial score (nSPS) is 10.0. The van der Waals surface area contributed by atoms with Crippen LogP contribution in [0.15, 0.2) is 0 Å². The van der Waals surface area contributed by atoms with E-state index in [1.165, 1.54) is 0 Å². The molecule has 2 nitrogen and oxygen atoms in total. The van der Waals surface area contributed by atoms with E-state index < -0.39 is 0 Å². The van der Waals surface area contributed by atoms with Gasteiger partial charge >= 0.3 is 0 Å². The molecule has 0 fully saturated rings. The minimum absolute atomic E-state index is 0.698. The molecule has 0 aliphatic carbocycles. The minimum Gasteiger partial charge on any atom is -0.316 e. The predicted molar refractivity (Wildman–Crippen MR) is 47.2 cm³/mol. The summed E-state index contributed by atoms with van der Waals surface area (Å²) in [4.78, 5) is 0. The highest BCUT2D eigenvalue weighted by Crippen LogP contribution is 1.92. The summed E-state index contributed by atoms with van der Waals surface area (Å²) in [7, 11) is 0. The number of rotatable bonds is 6. The van der Waals surface area contributed by atoms with Gasteiger partial charge < -0.3 is 5.32 Å². The van der Waals surface area contributed by atoms with E-state index in [1.807, 2.05) is 0 Å². The molecule has 0 amide bonds. The van der Waals surface area contributed by atoms with Gasteiger partial charge in [-0.25, -0.2) is 0 Å². The monoisotopic (exact) mass is 154 g/mol. The van der Waals surface area contributed by atoms with Crippen LogP contribution in [0, 0.1) is 17.2 Å². The van der Waals surface area contributed by atoms with E-state index in [9.17, 15) is 0 Å². The third kappa shape index (κ3) is 9.45. The maximum atomic E-state index is 8.24. The number of nitriles is 1. The Hall–Kier alpha value is -0.550. The first kappa shape index (κ1) is 10.4. The summed E-state index contributed by atoms with van der Waals surface area (Å²) < 4.78 is 0. The second-order valence-electron chi connectivity index (χ2n) is 3.21. The molecular weight excluding hydrogens is 136 g/mol. The summed E-state index contributed by atoms with van der Waals surface area (Å²) in [5.74, 6) is 0.728. The molecule has 0 aromatic carbocycles. The molecule has 0 unspecified atom stereocenters. The van der Waals surface area contributed by atoms with Crippen molar-refractivity contribution in [3.8, 4) is 6.07 Å². The fourth-order valence-corrected chi connectivity index (χ4v) is 0.845. The minimum atomic E-state index is 0.698. The molecule has 2 heteroatoms. The van der Waals surface area contributed by atoms with Crippen molar-refractivity contribution < 1.29 is 0 Å². The Bertz CT molecular complexity index is 113. The summed E-state index contributed by atoms with van der Waals surface area (Å²) in [5.41, 5.74) is 0. The first-order valence-corrected chi connectivity index (χ1v) is 4.35. The predicted octanol–water partition coefficient (Wildman–Crippen LogP) is 1.93. The number of nitrogens with zero attached hydrogens (tertiary/aromatic N) is 1. The molecular formula is C9H18N2. The molecule has 0 saturated heterocycles. The van der Waals surface area contributed by atoms with Crippen molar-refractivity contribution in [3.63, 3.8) is 0 Å². The average Bonchev–Trinajstić information content (AvgIpc) is 1.96. The van der Waals surface area contributed by atoms with Crippen molar-refractivity contribution >= 4 is 0 Å². The van der Waals surface area contributed by atoms with Crippen molar-refractivity contribution in [2.45, 2.75) is 33.1 Å². The van der Waals surface area contributed by atoms with E-state index in [0.29, 0.717) is 6.42 Å². The SMILES string of the molecule is CC(C)CNCCCCC#N. The molecule has 0 spiro atoms. The zero-order valence-electron chi connectivity index (χ0n) is 7.56. The van der Waals surface area contributed by atoms with Crippen LogP contribution in [0.5, 0.6) is 0 Å². The van der Waals surface area contributed by atoms with Gasteiger partial charge in [0.05, 0.1) is 6.07 Å². The van der Waals surface area contributed by atoms with Gasteiger partial charge in [0.15, 0.2) is 0 Å². The quantitative estimate of drug-likeness (QED) is 0.593. The second-order valence-corrected chi connectivity index (χ2v) is 3.21. The van der Waals surface area contributed by atoms with Gasteiger partial charge in [0.25, 0.3) is 0 Å². The van der Waals surface area contributed by atoms with Crippen molar-refractivity contribution in [2.24, 2.45) is 5.92 Å². The lowest BCUT2D eigenvalue weighted by atomic mass is 10.2. The van der Waals surface area contributed by atoms with Crippen LogP contribution in [-0.4, -0.2) is 13.1 Å². The molecule has 0 aliphatic rings. The highest BCUT2D eigenvalue weighted by atomic mass is 14.8. The van der Waals surface area contributed by atoms with E-state index in [2.05, 4.69) is 25.2 Å². The Morgan fingerprint density at radius 1 is 1.36 bits per heavy atom. The first-order valence-electron chi connectivity index (χ1n) is 4.35.